The molecule has 0 saturated carbocycles. The molecule has 0 radical (unpaired) electrons. The van der Waals surface area contributed by atoms with Gasteiger partial charge in [-0.15, -0.1) is 10.2 Å². The number of nitrogens with zero attached hydrogens (tertiary/aromatic N) is 3. The van der Waals surface area contributed by atoms with E-state index >= 15 is 0 Å². The Bertz CT molecular complexity index is 1120. The lowest BCUT2D eigenvalue weighted by molar-refractivity contribution is -0.113. The van der Waals surface area contributed by atoms with Gasteiger partial charge < -0.3 is 19.4 Å². The van der Waals surface area contributed by atoms with Gasteiger partial charge in [-0.1, -0.05) is 23.4 Å². The van der Waals surface area contributed by atoms with Gasteiger partial charge in [-0.2, -0.15) is 0 Å². The molecule has 1 heterocycles. The number of nitrogens with one attached hydrogen (secondary N) is 1. The number of anilines is 1. The maximum atomic E-state index is 12.3. The molecule has 0 saturated heterocycles. The zero-order chi connectivity index (χ0) is 24.0. The lowest BCUT2D eigenvalue weighted by atomic mass is 10.1. The average molecular weight is 489 g/mol. The van der Waals surface area contributed by atoms with Crippen LogP contribution < -0.4 is 10.1 Å². The zero-order valence-corrected chi connectivity index (χ0v) is 20.4. The van der Waals surface area contributed by atoms with Gasteiger partial charge in [0.1, 0.15) is 12.4 Å². The third kappa shape index (κ3) is 6.49. The van der Waals surface area contributed by atoms with E-state index in [2.05, 4.69) is 15.5 Å². The van der Waals surface area contributed by atoms with Crippen LogP contribution in [0.3, 0.4) is 0 Å². The minimum Gasteiger partial charge on any atom is -0.486 e. The summed E-state index contributed by atoms with van der Waals surface area (Å²) >= 11 is 7.47. The fourth-order valence-corrected chi connectivity index (χ4v) is 3.80. The van der Waals surface area contributed by atoms with Crippen molar-refractivity contribution in [3.8, 4) is 5.75 Å². The van der Waals surface area contributed by atoms with E-state index in [4.69, 9.17) is 21.1 Å². The van der Waals surface area contributed by atoms with Crippen molar-refractivity contribution in [3.05, 3.63) is 63.9 Å². The summed E-state index contributed by atoms with van der Waals surface area (Å²) in [5.74, 6) is 0.908. The van der Waals surface area contributed by atoms with Crippen LogP contribution >= 0.6 is 23.4 Å². The first kappa shape index (κ1) is 24.6. The number of aromatic nitrogens is 3. The second-order valence-corrected chi connectivity index (χ2v) is 8.57. The summed E-state index contributed by atoms with van der Waals surface area (Å²) < 4.78 is 12.6. The number of ether oxygens (including phenoxy) is 2. The number of hydrogen-bond acceptors (Lipinski definition) is 7. The summed E-state index contributed by atoms with van der Waals surface area (Å²) in [5, 5.41) is 12.4. The Morgan fingerprint density at radius 1 is 1.12 bits per heavy atom. The molecular formula is C23H25ClN4O4S. The quantitative estimate of drug-likeness (QED) is 0.348. The van der Waals surface area contributed by atoms with Crippen LogP contribution in [0.5, 0.6) is 5.75 Å². The van der Waals surface area contributed by atoms with Crippen molar-refractivity contribution >= 4 is 40.9 Å². The van der Waals surface area contributed by atoms with Gasteiger partial charge in [0.25, 0.3) is 0 Å². The van der Waals surface area contributed by atoms with Crippen LogP contribution in [0, 0.1) is 13.8 Å². The predicted octanol–water partition coefficient (Wildman–Crippen LogP) is 4.57. The maximum Gasteiger partial charge on any atom is 0.338 e. The average Bonchev–Trinajstić information content (AvgIpc) is 3.14. The number of halogens is 1. The number of carbonyl (C=O) groups excluding carboxylic acids is 2. The minimum atomic E-state index is -0.394. The number of benzene rings is 2. The molecule has 0 spiro atoms. The lowest BCUT2D eigenvalue weighted by Crippen LogP contribution is -2.15. The number of aryl methyl sites for hydroxylation is 2. The van der Waals surface area contributed by atoms with Gasteiger partial charge in [0, 0.05) is 17.8 Å². The molecule has 0 fully saturated rings. The fraction of sp³-hybridized carbons (Fsp3) is 0.304. The van der Waals surface area contributed by atoms with E-state index in [-0.39, 0.29) is 18.3 Å². The second-order valence-electron chi connectivity index (χ2n) is 7.25. The van der Waals surface area contributed by atoms with Gasteiger partial charge in [0.2, 0.25) is 5.91 Å². The molecule has 10 heteroatoms. The van der Waals surface area contributed by atoms with Crippen molar-refractivity contribution in [2.75, 3.05) is 17.7 Å². The third-order valence-corrected chi connectivity index (χ3v) is 6.33. The summed E-state index contributed by atoms with van der Waals surface area (Å²) in [7, 11) is 1.82. The standard InChI is InChI=1S/C23H25ClN4O4S/c1-5-31-22(30)16-6-8-17(9-7-16)25-20(29)13-33-23-27-26-19(28(23)4)12-32-18-10-14(2)21(24)15(3)11-18/h6-11H,5,12-13H2,1-4H3,(H,25,29). The third-order valence-electron chi connectivity index (χ3n) is 4.72. The molecule has 33 heavy (non-hydrogen) atoms. The maximum absolute atomic E-state index is 12.3. The van der Waals surface area contributed by atoms with Crippen molar-refractivity contribution in [2.45, 2.75) is 32.5 Å². The van der Waals surface area contributed by atoms with E-state index in [1.165, 1.54) is 11.8 Å². The highest BCUT2D eigenvalue weighted by Gasteiger charge is 2.13. The normalized spacial score (nSPS) is 10.7. The largest absolute Gasteiger partial charge is 0.486 e. The van der Waals surface area contributed by atoms with E-state index < -0.39 is 5.97 Å². The fourth-order valence-electron chi connectivity index (χ4n) is 2.97. The number of carbonyl (C=O) groups is 2. The second kappa shape index (κ2) is 11.2. The Morgan fingerprint density at radius 3 is 2.42 bits per heavy atom. The number of rotatable bonds is 9. The summed E-state index contributed by atoms with van der Waals surface area (Å²) in [6.07, 6.45) is 0. The van der Waals surface area contributed by atoms with Crippen LogP contribution in [0.25, 0.3) is 0 Å². The number of thioether (sulfide) groups is 1. The summed E-state index contributed by atoms with van der Waals surface area (Å²) in [5.41, 5.74) is 2.92. The summed E-state index contributed by atoms with van der Waals surface area (Å²) in [6, 6.07) is 10.3. The van der Waals surface area contributed by atoms with Gasteiger partial charge in [0.15, 0.2) is 11.0 Å². The highest BCUT2D eigenvalue weighted by molar-refractivity contribution is 7.99. The van der Waals surface area contributed by atoms with Gasteiger partial charge in [0.05, 0.1) is 17.9 Å². The molecular weight excluding hydrogens is 464 g/mol. The zero-order valence-electron chi connectivity index (χ0n) is 18.8. The molecule has 3 aromatic rings. The van der Waals surface area contributed by atoms with Gasteiger partial charge in [-0.05, 0) is 68.3 Å². The van der Waals surface area contributed by atoms with Gasteiger partial charge >= 0.3 is 5.97 Å². The Kier molecular flexibility index (Phi) is 8.35. The molecule has 1 aromatic heterocycles. The Hall–Kier alpha value is -3.04. The van der Waals surface area contributed by atoms with Crippen LogP contribution in [-0.4, -0.2) is 39.0 Å². The molecule has 174 valence electrons. The van der Waals surface area contributed by atoms with E-state index in [0.29, 0.717) is 34.6 Å². The molecule has 1 N–H and O–H groups in total. The first-order chi connectivity index (χ1) is 15.8. The van der Waals surface area contributed by atoms with Crippen molar-refractivity contribution in [2.24, 2.45) is 7.05 Å². The van der Waals surface area contributed by atoms with E-state index in [9.17, 15) is 9.59 Å². The molecule has 3 rings (SSSR count). The number of hydrogen-bond donors (Lipinski definition) is 1. The van der Waals surface area contributed by atoms with Crippen LogP contribution in [0.4, 0.5) is 5.69 Å². The smallest absolute Gasteiger partial charge is 0.338 e. The first-order valence-corrected chi connectivity index (χ1v) is 11.6. The predicted molar refractivity (Wildman–Crippen MR) is 128 cm³/mol. The molecule has 0 aliphatic carbocycles. The van der Waals surface area contributed by atoms with Crippen molar-refractivity contribution in [3.63, 3.8) is 0 Å². The highest BCUT2D eigenvalue weighted by atomic mass is 35.5. The van der Waals surface area contributed by atoms with E-state index in [1.54, 1.807) is 35.8 Å². The number of esters is 1. The molecule has 2 aromatic carbocycles. The van der Waals surface area contributed by atoms with Crippen molar-refractivity contribution < 1.29 is 19.1 Å². The Labute approximate surface area is 201 Å². The highest BCUT2D eigenvalue weighted by Crippen LogP contribution is 2.26. The summed E-state index contributed by atoms with van der Waals surface area (Å²) in [6.45, 7) is 6.16. The first-order valence-electron chi connectivity index (χ1n) is 10.3. The number of amides is 1. The summed E-state index contributed by atoms with van der Waals surface area (Å²) in [4.78, 5) is 24.0. The van der Waals surface area contributed by atoms with E-state index in [1.807, 2.05) is 33.0 Å². The molecule has 8 nitrogen and oxygen atoms in total. The van der Waals surface area contributed by atoms with Crippen molar-refractivity contribution in [1.82, 2.24) is 14.8 Å². The molecule has 0 aliphatic rings. The molecule has 0 atom stereocenters. The SMILES string of the molecule is CCOC(=O)c1ccc(NC(=O)CSc2nnc(COc3cc(C)c(Cl)c(C)c3)n2C)cc1. The molecule has 1 amide bonds. The topological polar surface area (TPSA) is 95.3 Å². The van der Waals surface area contributed by atoms with Crippen LogP contribution in [0.2, 0.25) is 5.02 Å². The van der Waals surface area contributed by atoms with Gasteiger partial charge in [-0.25, -0.2) is 4.79 Å². The van der Waals surface area contributed by atoms with E-state index in [0.717, 1.165) is 16.1 Å². The monoisotopic (exact) mass is 488 g/mol. The molecule has 0 bridgehead atoms. The Morgan fingerprint density at radius 2 is 1.79 bits per heavy atom. The lowest BCUT2D eigenvalue weighted by Gasteiger charge is -2.10. The van der Waals surface area contributed by atoms with Crippen LogP contribution in [0.15, 0.2) is 41.6 Å². The van der Waals surface area contributed by atoms with Crippen LogP contribution in [0.1, 0.15) is 34.2 Å². The Balaban J connectivity index is 1.52. The molecule has 0 unspecified atom stereocenters. The molecule has 0 aliphatic heterocycles. The van der Waals surface area contributed by atoms with Gasteiger partial charge in [-0.3, -0.25) is 4.79 Å². The minimum absolute atomic E-state index is 0.155. The van der Waals surface area contributed by atoms with Crippen LogP contribution in [-0.2, 0) is 23.2 Å². The van der Waals surface area contributed by atoms with Crippen molar-refractivity contribution in [1.29, 1.82) is 0 Å².